The van der Waals surface area contributed by atoms with Crippen LogP contribution in [0.2, 0.25) is 0 Å². The Balaban J connectivity index is 2.82. The maximum Gasteiger partial charge on any atom is 0.293 e. The highest BCUT2D eigenvalue weighted by atomic mass is 16.1. The Morgan fingerprint density at radius 3 is 3.00 bits per heavy atom. The van der Waals surface area contributed by atoms with Gasteiger partial charge in [-0.1, -0.05) is 0 Å². The lowest BCUT2D eigenvalue weighted by Crippen LogP contribution is -2.30. The molecular weight excluding hydrogens is 180 g/mol. The van der Waals surface area contributed by atoms with E-state index >= 15 is 0 Å². The standard InChI is InChI=1S/C9H16N4O/c1-3-13-5-4-11-8(9(13)14)12-6-7(2)10/h4-5,7H,3,6,10H2,1-2H3,(H,11,12). The summed E-state index contributed by atoms with van der Waals surface area (Å²) in [4.78, 5) is 15.6. The minimum absolute atomic E-state index is 0.00600. The topological polar surface area (TPSA) is 72.9 Å². The first-order valence-corrected chi connectivity index (χ1v) is 4.70. The monoisotopic (exact) mass is 196 g/mol. The number of aromatic nitrogens is 2. The first-order valence-electron chi connectivity index (χ1n) is 4.70. The normalized spacial score (nSPS) is 12.5. The van der Waals surface area contributed by atoms with Crippen LogP contribution >= 0.6 is 0 Å². The van der Waals surface area contributed by atoms with Crippen molar-refractivity contribution in [1.82, 2.24) is 9.55 Å². The number of hydrogen-bond donors (Lipinski definition) is 2. The van der Waals surface area contributed by atoms with Crippen LogP contribution in [0.1, 0.15) is 13.8 Å². The molecular formula is C9H16N4O. The quantitative estimate of drug-likeness (QED) is 0.712. The molecule has 0 aliphatic heterocycles. The van der Waals surface area contributed by atoms with E-state index in [1.165, 1.54) is 0 Å². The van der Waals surface area contributed by atoms with E-state index in [0.29, 0.717) is 18.9 Å². The van der Waals surface area contributed by atoms with Gasteiger partial charge >= 0.3 is 0 Å². The lowest BCUT2D eigenvalue weighted by Gasteiger charge is -2.08. The van der Waals surface area contributed by atoms with Crippen LogP contribution in [0.15, 0.2) is 17.2 Å². The third-order valence-corrected chi connectivity index (χ3v) is 1.85. The molecule has 78 valence electrons. The molecule has 1 atom stereocenters. The molecule has 0 aliphatic carbocycles. The molecule has 0 saturated heterocycles. The highest BCUT2D eigenvalue weighted by Crippen LogP contribution is 1.92. The van der Waals surface area contributed by atoms with Crippen LogP contribution in [0.25, 0.3) is 0 Å². The second-order valence-electron chi connectivity index (χ2n) is 3.23. The molecule has 0 amide bonds. The third kappa shape index (κ3) is 2.56. The summed E-state index contributed by atoms with van der Waals surface area (Å²) in [6, 6.07) is 0.00600. The van der Waals surface area contributed by atoms with Crippen molar-refractivity contribution in [2.24, 2.45) is 5.73 Å². The number of aryl methyl sites for hydroxylation is 1. The van der Waals surface area contributed by atoms with Crippen LogP contribution in [0.3, 0.4) is 0 Å². The van der Waals surface area contributed by atoms with E-state index in [2.05, 4.69) is 10.3 Å². The largest absolute Gasteiger partial charge is 0.364 e. The van der Waals surface area contributed by atoms with E-state index in [0.717, 1.165) is 0 Å². The second kappa shape index (κ2) is 4.76. The van der Waals surface area contributed by atoms with Gasteiger partial charge in [0.1, 0.15) is 0 Å². The van der Waals surface area contributed by atoms with Crippen LogP contribution in [0.4, 0.5) is 5.82 Å². The summed E-state index contributed by atoms with van der Waals surface area (Å²) in [5, 5.41) is 2.92. The Bertz CT molecular complexity index is 345. The minimum Gasteiger partial charge on any atom is -0.364 e. The molecule has 1 rings (SSSR count). The summed E-state index contributed by atoms with van der Waals surface area (Å²) in [7, 11) is 0. The Kier molecular flexibility index (Phi) is 3.64. The van der Waals surface area contributed by atoms with Crippen LogP contribution in [0.5, 0.6) is 0 Å². The van der Waals surface area contributed by atoms with Crippen LogP contribution in [0, 0.1) is 0 Å². The molecule has 5 nitrogen and oxygen atoms in total. The number of hydrogen-bond acceptors (Lipinski definition) is 4. The van der Waals surface area contributed by atoms with E-state index < -0.39 is 0 Å². The summed E-state index contributed by atoms with van der Waals surface area (Å²) >= 11 is 0. The average molecular weight is 196 g/mol. The zero-order chi connectivity index (χ0) is 10.6. The molecule has 0 aliphatic rings. The second-order valence-corrected chi connectivity index (χ2v) is 3.23. The first-order chi connectivity index (χ1) is 6.65. The van der Waals surface area contributed by atoms with Gasteiger partial charge in [0.05, 0.1) is 0 Å². The zero-order valence-electron chi connectivity index (χ0n) is 8.53. The van der Waals surface area contributed by atoms with Crippen molar-refractivity contribution >= 4 is 5.82 Å². The molecule has 0 bridgehead atoms. The average Bonchev–Trinajstić information content (AvgIpc) is 2.16. The molecule has 3 N–H and O–H groups in total. The van der Waals surface area contributed by atoms with Crippen molar-refractivity contribution in [3.8, 4) is 0 Å². The maximum atomic E-state index is 11.6. The van der Waals surface area contributed by atoms with E-state index in [1.807, 2.05) is 13.8 Å². The summed E-state index contributed by atoms with van der Waals surface area (Å²) in [5.41, 5.74) is 5.46. The number of nitrogens with two attached hydrogens (primary N) is 1. The lowest BCUT2D eigenvalue weighted by molar-refractivity contribution is 0.713. The summed E-state index contributed by atoms with van der Waals surface area (Å²) in [6.45, 7) is 4.98. The maximum absolute atomic E-state index is 11.6. The van der Waals surface area contributed by atoms with Crippen molar-refractivity contribution in [1.29, 1.82) is 0 Å². The van der Waals surface area contributed by atoms with E-state index in [4.69, 9.17) is 5.73 Å². The Morgan fingerprint density at radius 2 is 2.43 bits per heavy atom. The predicted octanol–water partition coefficient (Wildman–Crippen LogP) is 0.0223. The van der Waals surface area contributed by atoms with Crippen molar-refractivity contribution in [2.75, 3.05) is 11.9 Å². The smallest absolute Gasteiger partial charge is 0.293 e. The molecule has 0 saturated carbocycles. The fourth-order valence-corrected chi connectivity index (χ4v) is 1.08. The van der Waals surface area contributed by atoms with Crippen molar-refractivity contribution in [3.05, 3.63) is 22.7 Å². The highest BCUT2D eigenvalue weighted by Gasteiger charge is 2.03. The molecule has 1 heterocycles. The summed E-state index contributed by atoms with van der Waals surface area (Å²) in [5.74, 6) is 0.367. The molecule has 1 aromatic rings. The van der Waals surface area contributed by atoms with Gasteiger partial charge in [-0.25, -0.2) is 4.98 Å². The van der Waals surface area contributed by atoms with E-state index in [-0.39, 0.29) is 11.6 Å². The zero-order valence-corrected chi connectivity index (χ0v) is 8.53. The van der Waals surface area contributed by atoms with Crippen molar-refractivity contribution in [2.45, 2.75) is 26.4 Å². The molecule has 0 radical (unpaired) electrons. The SMILES string of the molecule is CCn1ccnc(NCC(C)N)c1=O. The Labute approximate surface area is 83.0 Å². The fraction of sp³-hybridized carbons (Fsp3) is 0.556. The van der Waals surface area contributed by atoms with Crippen LogP contribution in [-0.4, -0.2) is 22.1 Å². The van der Waals surface area contributed by atoms with E-state index in [9.17, 15) is 4.79 Å². The molecule has 1 unspecified atom stereocenters. The molecule has 1 aromatic heterocycles. The first kappa shape index (κ1) is 10.7. The highest BCUT2D eigenvalue weighted by molar-refractivity contribution is 5.30. The van der Waals surface area contributed by atoms with Gasteiger partial charge in [-0.3, -0.25) is 4.79 Å². The van der Waals surface area contributed by atoms with Gasteiger partial charge in [-0.2, -0.15) is 0 Å². The van der Waals surface area contributed by atoms with Gasteiger partial charge in [0, 0.05) is 31.5 Å². The number of rotatable bonds is 4. The fourth-order valence-electron chi connectivity index (χ4n) is 1.08. The van der Waals surface area contributed by atoms with Gasteiger partial charge in [-0.05, 0) is 13.8 Å². The summed E-state index contributed by atoms with van der Waals surface area (Å²) in [6.07, 6.45) is 3.27. The van der Waals surface area contributed by atoms with Gasteiger partial charge in [0.15, 0.2) is 5.82 Å². The Morgan fingerprint density at radius 1 is 1.71 bits per heavy atom. The van der Waals surface area contributed by atoms with Crippen molar-refractivity contribution < 1.29 is 0 Å². The van der Waals surface area contributed by atoms with E-state index in [1.54, 1.807) is 17.0 Å². The molecule has 0 fully saturated rings. The molecule has 0 aromatic carbocycles. The molecule has 5 heteroatoms. The van der Waals surface area contributed by atoms with Gasteiger partial charge < -0.3 is 15.6 Å². The lowest BCUT2D eigenvalue weighted by atomic mass is 10.3. The Hall–Kier alpha value is -1.36. The molecule has 0 spiro atoms. The summed E-state index contributed by atoms with van der Waals surface area (Å²) < 4.78 is 1.59. The number of nitrogens with one attached hydrogen (secondary N) is 1. The van der Waals surface area contributed by atoms with Gasteiger partial charge in [0.25, 0.3) is 5.56 Å². The van der Waals surface area contributed by atoms with Crippen LogP contribution < -0.4 is 16.6 Å². The van der Waals surface area contributed by atoms with Crippen LogP contribution in [-0.2, 0) is 6.54 Å². The minimum atomic E-state index is -0.101. The number of nitrogens with zero attached hydrogens (tertiary/aromatic N) is 2. The van der Waals surface area contributed by atoms with Gasteiger partial charge in [0.2, 0.25) is 0 Å². The van der Waals surface area contributed by atoms with Crippen molar-refractivity contribution in [3.63, 3.8) is 0 Å². The molecule has 14 heavy (non-hydrogen) atoms. The third-order valence-electron chi connectivity index (χ3n) is 1.85. The number of anilines is 1. The van der Waals surface area contributed by atoms with Gasteiger partial charge in [-0.15, -0.1) is 0 Å². The predicted molar refractivity (Wildman–Crippen MR) is 56.3 cm³/mol.